The minimum atomic E-state index is 0.0440. The molecule has 2 aromatic carbocycles. The fourth-order valence-corrected chi connectivity index (χ4v) is 4.13. The van der Waals surface area contributed by atoms with Gasteiger partial charge in [-0.3, -0.25) is 0 Å². The summed E-state index contributed by atoms with van der Waals surface area (Å²) in [6.07, 6.45) is 0.919. The number of anilines is 2. The molecule has 0 aliphatic rings. The van der Waals surface area contributed by atoms with Gasteiger partial charge in [0.05, 0.1) is 28.2 Å². The van der Waals surface area contributed by atoms with Gasteiger partial charge in [0, 0.05) is 37.1 Å². The molecule has 4 rings (SSSR count). The highest BCUT2D eigenvalue weighted by Gasteiger charge is 2.15. The number of fused-ring (bicyclic) bond motifs is 2. The molecule has 2 heterocycles. The van der Waals surface area contributed by atoms with Crippen LogP contribution in [-0.4, -0.2) is 46.4 Å². The molecule has 29 heavy (non-hydrogen) atoms. The maximum absolute atomic E-state index is 9.52. The topological polar surface area (TPSA) is 69.1 Å². The number of nitrogens with one attached hydrogen (secondary N) is 2. The standard InChI is InChI=1S/C21H23Cl2N5O/c1-27(8-4-7-24-21-25-17-5-2-3-6-18(17)26-21)20-13-15-16(23)11-14(22)12-19(15)28(20)9-10-29/h2-3,5-6,11-13,29H,4,7-10H2,1H3,(H2,24,25,26). The van der Waals surface area contributed by atoms with Crippen LogP contribution >= 0.6 is 23.2 Å². The molecule has 0 aliphatic heterocycles. The summed E-state index contributed by atoms with van der Waals surface area (Å²) in [5, 5.41) is 15.0. The Hall–Kier alpha value is -2.41. The smallest absolute Gasteiger partial charge is 0.201 e. The highest BCUT2D eigenvalue weighted by Crippen LogP contribution is 2.34. The van der Waals surface area contributed by atoms with E-state index in [-0.39, 0.29) is 6.61 Å². The molecule has 0 radical (unpaired) electrons. The molecule has 0 unspecified atom stereocenters. The van der Waals surface area contributed by atoms with E-state index >= 15 is 0 Å². The summed E-state index contributed by atoms with van der Waals surface area (Å²) in [5.41, 5.74) is 2.91. The molecule has 152 valence electrons. The van der Waals surface area contributed by atoms with Crippen LogP contribution in [0.2, 0.25) is 10.0 Å². The maximum Gasteiger partial charge on any atom is 0.201 e. The Labute approximate surface area is 179 Å². The number of hydrogen-bond donors (Lipinski definition) is 3. The molecule has 0 saturated carbocycles. The fourth-order valence-electron chi connectivity index (χ4n) is 3.59. The van der Waals surface area contributed by atoms with Crippen LogP contribution in [0, 0.1) is 0 Å². The molecule has 6 nitrogen and oxygen atoms in total. The first-order chi connectivity index (χ1) is 14.1. The number of aromatic amines is 1. The number of aliphatic hydroxyl groups is 1. The summed E-state index contributed by atoms with van der Waals surface area (Å²) < 4.78 is 2.06. The van der Waals surface area contributed by atoms with Gasteiger partial charge >= 0.3 is 0 Å². The number of imidazole rings is 1. The summed E-state index contributed by atoms with van der Waals surface area (Å²) in [4.78, 5) is 9.98. The van der Waals surface area contributed by atoms with Crippen molar-refractivity contribution in [3.63, 3.8) is 0 Å². The van der Waals surface area contributed by atoms with Gasteiger partial charge in [-0.2, -0.15) is 0 Å². The van der Waals surface area contributed by atoms with Crippen LogP contribution in [0.15, 0.2) is 42.5 Å². The average Bonchev–Trinajstić information content (AvgIpc) is 3.27. The van der Waals surface area contributed by atoms with E-state index in [0.29, 0.717) is 16.6 Å². The first kappa shape index (κ1) is 19.9. The molecule has 0 aliphatic carbocycles. The molecule has 3 N–H and O–H groups in total. The predicted octanol–water partition coefficient (Wildman–Crippen LogP) is 4.76. The molecular formula is C21H23Cl2N5O. The summed E-state index contributed by atoms with van der Waals surface area (Å²) in [6, 6.07) is 13.7. The Kier molecular flexibility index (Phi) is 5.85. The van der Waals surface area contributed by atoms with Crippen LogP contribution in [0.5, 0.6) is 0 Å². The van der Waals surface area contributed by atoms with Crippen LogP contribution in [0.1, 0.15) is 6.42 Å². The minimum absolute atomic E-state index is 0.0440. The zero-order valence-corrected chi connectivity index (χ0v) is 17.6. The average molecular weight is 432 g/mol. The molecular weight excluding hydrogens is 409 g/mol. The normalized spacial score (nSPS) is 11.4. The molecule has 0 fully saturated rings. The molecule has 0 atom stereocenters. The largest absolute Gasteiger partial charge is 0.395 e. The lowest BCUT2D eigenvalue weighted by Crippen LogP contribution is -2.24. The summed E-state index contributed by atoms with van der Waals surface area (Å²) >= 11 is 12.6. The molecule has 8 heteroatoms. The van der Waals surface area contributed by atoms with Gasteiger partial charge in [-0.05, 0) is 36.8 Å². The van der Waals surface area contributed by atoms with Crippen molar-refractivity contribution in [3.05, 3.63) is 52.5 Å². The number of hydrogen-bond acceptors (Lipinski definition) is 4. The predicted molar refractivity (Wildman–Crippen MR) is 122 cm³/mol. The third kappa shape index (κ3) is 4.15. The highest BCUT2D eigenvalue weighted by atomic mass is 35.5. The van der Waals surface area contributed by atoms with E-state index in [4.69, 9.17) is 23.2 Å². The molecule has 4 aromatic rings. The second-order valence-corrected chi connectivity index (χ2v) is 7.85. The Balaban J connectivity index is 1.43. The van der Waals surface area contributed by atoms with E-state index in [1.807, 2.05) is 37.4 Å². The highest BCUT2D eigenvalue weighted by molar-refractivity contribution is 6.38. The van der Waals surface area contributed by atoms with Gasteiger partial charge in [0.25, 0.3) is 0 Å². The van der Waals surface area contributed by atoms with Crippen LogP contribution in [0.25, 0.3) is 21.9 Å². The van der Waals surface area contributed by atoms with E-state index in [0.717, 1.165) is 53.2 Å². The van der Waals surface area contributed by atoms with Crippen molar-refractivity contribution in [3.8, 4) is 0 Å². The van der Waals surface area contributed by atoms with Crippen molar-refractivity contribution < 1.29 is 5.11 Å². The Morgan fingerprint density at radius 3 is 2.83 bits per heavy atom. The third-order valence-electron chi connectivity index (χ3n) is 4.98. The van der Waals surface area contributed by atoms with E-state index in [1.165, 1.54) is 0 Å². The minimum Gasteiger partial charge on any atom is -0.395 e. The zero-order valence-electron chi connectivity index (χ0n) is 16.1. The molecule has 0 bridgehead atoms. The summed E-state index contributed by atoms with van der Waals surface area (Å²) in [5.74, 6) is 1.78. The van der Waals surface area contributed by atoms with Crippen molar-refractivity contribution in [1.82, 2.24) is 14.5 Å². The van der Waals surface area contributed by atoms with E-state index in [1.54, 1.807) is 6.07 Å². The number of para-hydroxylation sites is 2. The third-order valence-corrected chi connectivity index (χ3v) is 5.51. The first-order valence-electron chi connectivity index (χ1n) is 9.55. The lowest BCUT2D eigenvalue weighted by molar-refractivity contribution is 0.278. The number of rotatable bonds is 8. The van der Waals surface area contributed by atoms with Gasteiger partial charge in [-0.15, -0.1) is 0 Å². The zero-order chi connectivity index (χ0) is 20.4. The van der Waals surface area contributed by atoms with E-state index in [9.17, 15) is 5.11 Å². The van der Waals surface area contributed by atoms with Crippen molar-refractivity contribution in [2.24, 2.45) is 0 Å². The van der Waals surface area contributed by atoms with Gasteiger partial charge in [0.15, 0.2) is 0 Å². The van der Waals surface area contributed by atoms with E-state index in [2.05, 4.69) is 30.8 Å². The maximum atomic E-state index is 9.52. The van der Waals surface area contributed by atoms with Crippen molar-refractivity contribution >= 4 is 56.9 Å². The van der Waals surface area contributed by atoms with E-state index < -0.39 is 0 Å². The van der Waals surface area contributed by atoms with Crippen LogP contribution < -0.4 is 10.2 Å². The molecule has 0 saturated heterocycles. The molecule has 0 spiro atoms. The SMILES string of the molecule is CN(CCCNc1nc2ccccc2[nH]1)c1cc2c(Cl)cc(Cl)cc2n1CCO. The lowest BCUT2D eigenvalue weighted by atomic mass is 10.2. The van der Waals surface area contributed by atoms with Crippen molar-refractivity contribution in [2.75, 3.05) is 37.0 Å². The van der Waals surface area contributed by atoms with Crippen molar-refractivity contribution in [1.29, 1.82) is 0 Å². The van der Waals surface area contributed by atoms with Crippen LogP contribution in [0.4, 0.5) is 11.8 Å². The van der Waals surface area contributed by atoms with Crippen molar-refractivity contribution in [2.45, 2.75) is 13.0 Å². The Bertz CT molecular complexity index is 1100. The van der Waals surface area contributed by atoms with Gasteiger partial charge < -0.3 is 24.9 Å². The molecule has 2 aromatic heterocycles. The number of aliphatic hydroxyl groups excluding tert-OH is 1. The Morgan fingerprint density at radius 1 is 1.21 bits per heavy atom. The summed E-state index contributed by atoms with van der Waals surface area (Å²) in [7, 11) is 2.04. The Morgan fingerprint density at radius 2 is 2.03 bits per heavy atom. The number of H-pyrrole nitrogens is 1. The number of aromatic nitrogens is 3. The fraction of sp³-hybridized carbons (Fsp3) is 0.286. The van der Waals surface area contributed by atoms with Gasteiger partial charge in [-0.25, -0.2) is 4.98 Å². The first-order valence-corrected chi connectivity index (χ1v) is 10.3. The van der Waals surface area contributed by atoms with Gasteiger partial charge in [-0.1, -0.05) is 35.3 Å². The second-order valence-electron chi connectivity index (χ2n) is 7.00. The number of halogens is 2. The number of nitrogens with zero attached hydrogens (tertiary/aromatic N) is 3. The summed E-state index contributed by atoms with van der Waals surface area (Å²) in [6.45, 7) is 2.15. The molecule has 0 amide bonds. The van der Waals surface area contributed by atoms with Crippen LogP contribution in [-0.2, 0) is 6.54 Å². The second kappa shape index (κ2) is 8.53. The lowest BCUT2D eigenvalue weighted by Gasteiger charge is -2.21. The quantitative estimate of drug-likeness (QED) is 0.352. The number of benzene rings is 2. The van der Waals surface area contributed by atoms with Crippen LogP contribution in [0.3, 0.4) is 0 Å². The monoisotopic (exact) mass is 431 g/mol. The van der Waals surface area contributed by atoms with Gasteiger partial charge in [0.2, 0.25) is 5.95 Å². The van der Waals surface area contributed by atoms with Gasteiger partial charge in [0.1, 0.15) is 5.82 Å².